The van der Waals surface area contributed by atoms with E-state index in [0.717, 1.165) is 22.9 Å². The van der Waals surface area contributed by atoms with Crippen molar-refractivity contribution < 1.29 is 24.1 Å². The van der Waals surface area contributed by atoms with Crippen molar-refractivity contribution in [3.05, 3.63) is 75.8 Å². The van der Waals surface area contributed by atoms with Gasteiger partial charge in [-0.1, -0.05) is 50.1 Å². The highest BCUT2D eigenvalue weighted by atomic mass is 16.6. The lowest BCUT2D eigenvalue weighted by molar-refractivity contribution is -0.384. The smallest absolute Gasteiger partial charge is 0.273 e. The van der Waals surface area contributed by atoms with Crippen LogP contribution < -0.4 is 0 Å². The van der Waals surface area contributed by atoms with Crippen LogP contribution in [0.25, 0.3) is 0 Å². The van der Waals surface area contributed by atoms with Crippen molar-refractivity contribution in [3.63, 3.8) is 0 Å². The van der Waals surface area contributed by atoms with Crippen LogP contribution in [0.3, 0.4) is 0 Å². The SMILES string of the molecule is CC[C@H](C(=O)c1ccccc1)N(C(=O)c1ccc([N+](=O)[O-])cc1)N1C(=O)[C@@H]2CCCC[C@H]2C1=O. The lowest BCUT2D eigenvalue weighted by Crippen LogP contribution is -2.57. The molecule has 9 heteroatoms. The van der Waals surface area contributed by atoms with Gasteiger partial charge in [0.2, 0.25) is 0 Å². The zero-order chi connectivity index (χ0) is 24.4. The van der Waals surface area contributed by atoms with Crippen LogP contribution in [0.5, 0.6) is 0 Å². The molecular formula is C25H25N3O6. The minimum Gasteiger partial charge on any atom is -0.292 e. The number of fused-ring (bicyclic) bond motifs is 1. The summed E-state index contributed by atoms with van der Waals surface area (Å²) in [5, 5.41) is 12.9. The van der Waals surface area contributed by atoms with Gasteiger partial charge in [-0.3, -0.25) is 29.3 Å². The number of nitro groups is 1. The van der Waals surface area contributed by atoms with Gasteiger partial charge in [0.05, 0.1) is 16.8 Å². The highest BCUT2D eigenvalue weighted by Crippen LogP contribution is 2.39. The molecule has 1 saturated carbocycles. The number of amides is 3. The topological polar surface area (TPSA) is 118 Å². The van der Waals surface area contributed by atoms with Gasteiger partial charge in [0, 0.05) is 23.3 Å². The van der Waals surface area contributed by atoms with Gasteiger partial charge in [-0.15, -0.1) is 0 Å². The lowest BCUT2D eigenvalue weighted by atomic mass is 9.81. The Hall–Kier alpha value is -3.88. The van der Waals surface area contributed by atoms with Gasteiger partial charge in [0.15, 0.2) is 5.78 Å². The Labute approximate surface area is 196 Å². The van der Waals surface area contributed by atoms with Crippen LogP contribution in [0.4, 0.5) is 5.69 Å². The average Bonchev–Trinajstić information content (AvgIpc) is 3.12. The van der Waals surface area contributed by atoms with E-state index in [0.29, 0.717) is 18.4 Å². The molecule has 1 aliphatic carbocycles. The molecule has 9 nitrogen and oxygen atoms in total. The fourth-order valence-electron chi connectivity index (χ4n) is 4.85. The summed E-state index contributed by atoms with van der Waals surface area (Å²) in [5.74, 6) is -3.07. The maximum absolute atomic E-state index is 13.7. The number of hydrogen-bond donors (Lipinski definition) is 0. The van der Waals surface area contributed by atoms with Crippen molar-refractivity contribution in [1.82, 2.24) is 10.0 Å². The van der Waals surface area contributed by atoms with Crippen LogP contribution in [0.2, 0.25) is 0 Å². The van der Waals surface area contributed by atoms with Crippen LogP contribution >= 0.6 is 0 Å². The first-order valence-electron chi connectivity index (χ1n) is 11.4. The second-order valence-electron chi connectivity index (χ2n) is 8.59. The fourth-order valence-corrected chi connectivity index (χ4v) is 4.85. The molecule has 176 valence electrons. The molecule has 0 bridgehead atoms. The summed E-state index contributed by atoms with van der Waals surface area (Å²) in [7, 11) is 0. The van der Waals surface area contributed by atoms with Gasteiger partial charge < -0.3 is 0 Å². The normalized spacial score (nSPS) is 20.6. The molecule has 4 rings (SSSR count). The quantitative estimate of drug-likeness (QED) is 0.267. The number of nitro benzene ring substituents is 1. The molecule has 2 aromatic rings. The summed E-state index contributed by atoms with van der Waals surface area (Å²) in [6, 6.07) is 12.2. The maximum Gasteiger partial charge on any atom is 0.273 e. The lowest BCUT2D eigenvalue weighted by Gasteiger charge is -2.36. The van der Waals surface area contributed by atoms with Crippen molar-refractivity contribution in [1.29, 1.82) is 0 Å². The number of rotatable bonds is 7. The standard InChI is InChI=1S/C25H25N3O6/c1-2-21(22(29)16-8-4-3-5-9-16)26(23(30)17-12-14-18(15-13-17)28(33)34)27-24(31)19-10-6-7-11-20(19)25(27)32/h3-5,8-9,12-15,19-21H,2,6-7,10-11H2,1H3/t19-,20-,21-/m1/s1. The van der Waals surface area contributed by atoms with Gasteiger partial charge in [0.1, 0.15) is 6.04 Å². The Bertz CT molecular complexity index is 1110. The number of hydrogen-bond acceptors (Lipinski definition) is 6. The van der Waals surface area contributed by atoms with E-state index in [1.54, 1.807) is 37.3 Å². The third-order valence-electron chi connectivity index (χ3n) is 6.61. The first-order valence-corrected chi connectivity index (χ1v) is 11.4. The van der Waals surface area contributed by atoms with Gasteiger partial charge in [-0.25, -0.2) is 5.01 Å². The number of carbonyl (C=O) groups excluding carboxylic acids is 4. The summed E-state index contributed by atoms with van der Waals surface area (Å²) in [6.45, 7) is 1.71. The van der Waals surface area contributed by atoms with Crippen LogP contribution in [-0.4, -0.2) is 44.5 Å². The van der Waals surface area contributed by atoms with Gasteiger partial charge >= 0.3 is 0 Å². The molecule has 3 atom stereocenters. The zero-order valence-electron chi connectivity index (χ0n) is 18.8. The molecule has 1 aliphatic heterocycles. The third-order valence-corrected chi connectivity index (χ3v) is 6.61. The van der Waals surface area contributed by atoms with Crippen molar-refractivity contribution in [2.24, 2.45) is 11.8 Å². The molecule has 1 heterocycles. The summed E-state index contributed by atoms with van der Waals surface area (Å²) >= 11 is 0. The Morgan fingerprint density at radius 2 is 1.53 bits per heavy atom. The minimum absolute atomic E-state index is 0.0420. The first-order chi connectivity index (χ1) is 16.3. The Morgan fingerprint density at radius 1 is 0.971 bits per heavy atom. The van der Waals surface area contributed by atoms with Crippen LogP contribution in [0.1, 0.15) is 59.7 Å². The number of Topliss-reactive ketones (excluding diaryl/α,β-unsaturated/α-hetero) is 1. The third kappa shape index (κ3) is 4.09. The Kier molecular flexibility index (Phi) is 6.54. The molecule has 0 radical (unpaired) electrons. The molecule has 34 heavy (non-hydrogen) atoms. The first kappa shape index (κ1) is 23.3. The van der Waals surface area contributed by atoms with Crippen LogP contribution in [0.15, 0.2) is 54.6 Å². The van der Waals surface area contributed by atoms with E-state index in [1.807, 2.05) is 0 Å². The molecule has 2 aromatic carbocycles. The van der Waals surface area contributed by atoms with E-state index in [9.17, 15) is 29.3 Å². The predicted octanol–water partition coefficient (Wildman–Crippen LogP) is 3.79. The molecule has 0 spiro atoms. The number of imide groups is 1. The van der Waals surface area contributed by atoms with E-state index in [-0.39, 0.29) is 17.7 Å². The molecule has 2 aliphatic rings. The molecule has 0 unspecified atom stereocenters. The highest BCUT2D eigenvalue weighted by Gasteiger charge is 2.53. The molecule has 3 amide bonds. The summed E-state index contributed by atoms with van der Waals surface area (Å²) in [5.41, 5.74) is 0.197. The summed E-state index contributed by atoms with van der Waals surface area (Å²) < 4.78 is 0. The van der Waals surface area contributed by atoms with E-state index in [1.165, 1.54) is 24.3 Å². The van der Waals surface area contributed by atoms with E-state index in [2.05, 4.69) is 0 Å². The van der Waals surface area contributed by atoms with E-state index >= 15 is 0 Å². The number of non-ortho nitro benzene ring substituents is 1. The Morgan fingerprint density at radius 3 is 2.03 bits per heavy atom. The van der Waals surface area contributed by atoms with Crippen LogP contribution in [0, 0.1) is 22.0 Å². The van der Waals surface area contributed by atoms with Gasteiger partial charge in [-0.2, -0.15) is 5.01 Å². The van der Waals surface area contributed by atoms with E-state index in [4.69, 9.17) is 0 Å². The van der Waals surface area contributed by atoms with Gasteiger partial charge in [-0.05, 0) is 31.4 Å². The van der Waals surface area contributed by atoms with Crippen LogP contribution in [-0.2, 0) is 9.59 Å². The fraction of sp³-hybridized carbons (Fsp3) is 0.360. The molecule has 0 N–H and O–H groups in total. The zero-order valence-corrected chi connectivity index (χ0v) is 18.8. The molecule has 0 aromatic heterocycles. The number of benzene rings is 2. The largest absolute Gasteiger partial charge is 0.292 e. The highest BCUT2D eigenvalue weighted by molar-refractivity contribution is 6.10. The number of nitrogens with zero attached hydrogens (tertiary/aromatic N) is 3. The number of carbonyl (C=O) groups is 4. The monoisotopic (exact) mass is 463 g/mol. The second kappa shape index (κ2) is 9.54. The number of hydrazine groups is 1. The average molecular weight is 463 g/mol. The summed E-state index contributed by atoms with van der Waals surface area (Å²) in [4.78, 5) is 64.3. The molecular weight excluding hydrogens is 438 g/mol. The Balaban J connectivity index is 1.77. The van der Waals surface area contributed by atoms with Crippen molar-refractivity contribution in [2.45, 2.75) is 45.1 Å². The predicted molar refractivity (Wildman–Crippen MR) is 121 cm³/mol. The van der Waals surface area contributed by atoms with Gasteiger partial charge in [0.25, 0.3) is 23.4 Å². The van der Waals surface area contributed by atoms with Crippen molar-refractivity contribution in [3.8, 4) is 0 Å². The van der Waals surface area contributed by atoms with E-state index < -0.39 is 46.3 Å². The minimum atomic E-state index is -1.10. The van der Waals surface area contributed by atoms with Crippen molar-refractivity contribution in [2.75, 3.05) is 0 Å². The second-order valence-corrected chi connectivity index (χ2v) is 8.59. The summed E-state index contributed by atoms with van der Waals surface area (Å²) in [6.07, 6.45) is 2.94. The maximum atomic E-state index is 13.7. The van der Waals surface area contributed by atoms with Crippen molar-refractivity contribution >= 4 is 29.2 Å². The number of ketones is 1. The molecule has 2 fully saturated rings. The molecule has 1 saturated heterocycles.